The number of nitro groups is 1. The lowest BCUT2D eigenvalue weighted by Crippen LogP contribution is -2.09. The first kappa shape index (κ1) is 18.7. The van der Waals surface area contributed by atoms with Gasteiger partial charge in [-0.1, -0.05) is 6.07 Å². The molecule has 0 atom stereocenters. The highest BCUT2D eigenvalue weighted by Crippen LogP contribution is 2.32. The molecule has 134 valence electrons. The average molecular weight is 365 g/mol. The Morgan fingerprint density at radius 2 is 2.04 bits per heavy atom. The van der Waals surface area contributed by atoms with Gasteiger partial charge in [0, 0.05) is 25.1 Å². The highest BCUT2D eigenvalue weighted by atomic mass is 32.2. The van der Waals surface area contributed by atoms with E-state index in [-0.39, 0.29) is 23.2 Å². The SMILES string of the molecule is CC(C)Oc1cc(CNc2cccc(S(C)(=O)=O)c2[N+](=O)[O-])ccn1. The Bertz CT molecular complexity index is 881. The molecule has 9 heteroatoms. The molecule has 0 fully saturated rings. The van der Waals surface area contributed by atoms with E-state index >= 15 is 0 Å². The van der Waals surface area contributed by atoms with Crippen molar-refractivity contribution in [3.63, 3.8) is 0 Å². The molecule has 0 amide bonds. The van der Waals surface area contributed by atoms with Crippen molar-refractivity contribution < 1.29 is 18.1 Å². The first-order chi connectivity index (χ1) is 11.7. The molecule has 0 aliphatic heterocycles. The second-order valence-corrected chi connectivity index (χ2v) is 7.69. The van der Waals surface area contributed by atoms with Crippen molar-refractivity contribution in [1.82, 2.24) is 4.98 Å². The van der Waals surface area contributed by atoms with E-state index < -0.39 is 20.4 Å². The highest BCUT2D eigenvalue weighted by Gasteiger charge is 2.25. The molecule has 0 aliphatic rings. The lowest BCUT2D eigenvalue weighted by molar-refractivity contribution is -0.386. The van der Waals surface area contributed by atoms with Crippen LogP contribution in [-0.2, 0) is 16.4 Å². The number of sulfone groups is 1. The molecule has 1 N–H and O–H groups in total. The van der Waals surface area contributed by atoms with Crippen LogP contribution in [0.25, 0.3) is 0 Å². The first-order valence-electron chi connectivity index (χ1n) is 7.51. The van der Waals surface area contributed by atoms with Crippen molar-refractivity contribution >= 4 is 21.2 Å². The van der Waals surface area contributed by atoms with Gasteiger partial charge in [0.1, 0.15) is 10.6 Å². The predicted octanol–water partition coefficient (Wildman–Crippen LogP) is 2.79. The zero-order valence-electron chi connectivity index (χ0n) is 14.1. The van der Waals surface area contributed by atoms with Crippen molar-refractivity contribution in [3.05, 3.63) is 52.2 Å². The van der Waals surface area contributed by atoms with E-state index in [0.29, 0.717) is 5.88 Å². The van der Waals surface area contributed by atoms with Gasteiger partial charge in [0.15, 0.2) is 9.84 Å². The zero-order valence-corrected chi connectivity index (χ0v) is 14.9. The number of hydrogen-bond acceptors (Lipinski definition) is 7. The quantitative estimate of drug-likeness (QED) is 0.593. The molecule has 8 nitrogen and oxygen atoms in total. The molecule has 0 unspecified atom stereocenters. The number of nitro benzene ring substituents is 1. The van der Waals surface area contributed by atoms with Gasteiger partial charge in [0.25, 0.3) is 0 Å². The normalized spacial score (nSPS) is 11.4. The van der Waals surface area contributed by atoms with Gasteiger partial charge in [-0.3, -0.25) is 10.1 Å². The number of nitrogens with one attached hydrogen (secondary N) is 1. The summed E-state index contributed by atoms with van der Waals surface area (Å²) in [5.74, 6) is 0.452. The van der Waals surface area contributed by atoms with Crippen LogP contribution in [0.3, 0.4) is 0 Å². The first-order valence-corrected chi connectivity index (χ1v) is 9.40. The lowest BCUT2D eigenvalue weighted by Gasteiger charge is -2.11. The van der Waals surface area contributed by atoms with Gasteiger partial charge in [-0.15, -0.1) is 0 Å². The van der Waals surface area contributed by atoms with Crippen molar-refractivity contribution in [2.45, 2.75) is 31.4 Å². The molecule has 0 bridgehead atoms. The minimum absolute atomic E-state index is 0.0248. The number of pyridine rings is 1. The van der Waals surface area contributed by atoms with Crippen LogP contribution in [-0.4, -0.2) is 30.7 Å². The highest BCUT2D eigenvalue weighted by molar-refractivity contribution is 7.90. The van der Waals surface area contributed by atoms with Crippen molar-refractivity contribution in [2.75, 3.05) is 11.6 Å². The number of nitrogens with zero attached hydrogens (tertiary/aromatic N) is 2. The second-order valence-electron chi connectivity index (χ2n) is 5.70. The molecule has 25 heavy (non-hydrogen) atoms. The summed E-state index contributed by atoms with van der Waals surface area (Å²) >= 11 is 0. The largest absolute Gasteiger partial charge is 0.475 e. The maximum atomic E-state index is 11.8. The maximum Gasteiger partial charge on any atom is 0.310 e. The third-order valence-electron chi connectivity index (χ3n) is 3.22. The fourth-order valence-electron chi connectivity index (χ4n) is 2.22. The molecule has 2 rings (SSSR count). The number of para-hydroxylation sites is 1. The fraction of sp³-hybridized carbons (Fsp3) is 0.312. The molecule has 0 aliphatic carbocycles. The third kappa shape index (κ3) is 4.90. The van der Waals surface area contributed by atoms with E-state index in [9.17, 15) is 18.5 Å². The van der Waals surface area contributed by atoms with E-state index in [2.05, 4.69) is 10.3 Å². The third-order valence-corrected chi connectivity index (χ3v) is 4.35. The predicted molar refractivity (Wildman–Crippen MR) is 93.5 cm³/mol. The van der Waals surface area contributed by atoms with E-state index in [4.69, 9.17) is 4.74 Å². The van der Waals surface area contributed by atoms with Crippen LogP contribution >= 0.6 is 0 Å². The number of aromatic nitrogens is 1. The number of rotatable bonds is 7. The fourth-order valence-corrected chi connectivity index (χ4v) is 3.08. The van der Waals surface area contributed by atoms with Crippen LogP contribution in [0.4, 0.5) is 11.4 Å². The summed E-state index contributed by atoms with van der Waals surface area (Å²) in [6.07, 6.45) is 2.50. The molecule has 0 spiro atoms. The van der Waals surface area contributed by atoms with Crippen molar-refractivity contribution in [1.29, 1.82) is 0 Å². The van der Waals surface area contributed by atoms with Gasteiger partial charge in [-0.05, 0) is 37.6 Å². The van der Waals surface area contributed by atoms with Crippen LogP contribution in [0.1, 0.15) is 19.4 Å². The number of anilines is 1. The van der Waals surface area contributed by atoms with Crippen molar-refractivity contribution in [3.8, 4) is 5.88 Å². The Labute approximate surface area is 145 Å². The Kier molecular flexibility index (Phi) is 5.58. The smallest absolute Gasteiger partial charge is 0.310 e. The Balaban J connectivity index is 2.28. The van der Waals surface area contributed by atoms with Gasteiger partial charge in [0.2, 0.25) is 5.88 Å². The summed E-state index contributed by atoms with van der Waals surface area (Å²) in [5, 5.41) is 14.3. The second kappa shape index (κ2) is 7.47. The number of hydrogen-bond donors (Lipinski definition) is 1. The molecular weight excluding hydrogens is 346 g/mol. The maximum absolute atomic E-state index is 11.8. The minimum atomic E-state index is -3.72. The Morgan fingerprint density at radius 3 is 2.64 bits per heavy atom. The Hall–Kier alpha value is -2.68. The van der Waals surface area contributed by atoms with Crippen LogP contribution < -0.4 is 10.1 Å². The van der Waals surface area contributed by atoms with Crippen molar-refractivity contribution in [2.24, 2.45) is 0 Å². The molecule has 1 aromatic heterocycles. The zero-order chi connectivity index (χ0) is 18.6. The molecule has 0 saturated carbocycles. The van der Waals surface area contributed by atoms with Gasteiger partial charge in [0.05, 0.1) is 11.0 Å². The van der Waals surface area contributed by atoms with E-state index in [1.807, 2.05) is 13.8 Å². The summed E-state index contributed by atoms with van der Waals surface area (Å²) in [7, 11) is -3.72. The summed E-state index contributed by atoms with van der Waals surface area (Å²) in [6.45, 7) is 4.02. The Morgan fingerprint density at radius 1 is 1.32 bits per heavy atom. The topological polar surface area (TPSA) is 111 Å². The van der Waals surface area contributed by atoms with Gasteiger partial charge < -0.3 is 10.1 Å². The van der Waals surface area contributed by atoms with Gasteiger partial charge in [-0.25, -0.2) is 13.4 Å². The molecular formula is C16H19N3O5S. The van der Waals surface area contributed by atoms with E-state index in [1.54, 1.807) is 18.3 Å². The van der Waals surface area contributed by atoms with E-state index in [1.165, 1.54) is 18.2 Å². The molecule has 1 heterocycles. The summed E-state index contributed by atoms with van der Waals surface area (Å²) in [6, 6.07) is 7.62. The van der Waals surface area contributed by atoms with Crippen LogP contribution in [0.5, 0.6) is 5.88 Å². The van der Waals surface area contributed by atoms with Crippen LogP contribution in [0.15, 0.2) is 41.4 Å². The molecule has 2 aromatic rings. The average Bonchev–Trinajstić information content (AvgIpc) is 2.51. The standard InChI is InChI=1S/C16H19N3O5S/c1-11(2)24-15-9-12(7-8-17-15)10-18-13-5-4-6-14(25(3,22)23)16(13)19(20)21/h4-9,11,18H,10H2,1-3H3. The van der Waals surface area contributed by atoms with Crippen LogP contribution in [0.2, 0.25) is 0 Å². The monoisotopic (exact) mass is 365 g/mol. The number of benzene rings is 1. The molecule has 0 saturated heterocycles. The molecule has 0 radical (unpaired) electrons. The van der Waals surface area contributed by atoms with Crippen LogP contribution in [0, 0.1) is 10.1 Å². The van der Waals surface area contributed by atoms with E-state index in [0.717, 1.165) is 11.8 Å². The molecule has 1 aromatic carbocycles. The van der Waals surface area contributed by atoms with Gasteiger partial charge >= 0.3 is 5.69 Å². The summed E-state index contributed by atoms with van der Waals surface area (Å²) in [5.41, 5.74) is 0.471. The van der Waals surface area contributed by atoms with Gasteiger partial charge in [-0.2, -0.15) is 0 Å². The minimum Gasteiger partial charge on any atom is -0.475 e. The summed E-state index contributed by atoms with van der Waals surface area (Å²) in [4.78, 5) is 14.4. The summed E-state index contributed by atoms with van der Waals surface area (Å²) < 4.78 is 29.1. The lowest BCUT2D eigenvalue weighted by atomic mass is 10.2. The number of ether oxygens (including phenoxy) is 1.